The topological polar surface area (TPSA) is 91.4 Å². The molecule has 2 rings (SSSR count). The molecule has 1 aromatic heterocycles. The maximum atomic E-state index is 12.3. The highest BCUT2D eigenvalue weighted by Crippen LogP contribution is 2.12. The Labute approximate surface area is 166 Å². The molecule has 28 heavy (non-hydrogen) atoms. The Balaban J connectivity index is 1.97. The van der Waals surface area contributed by atoms with Crippen LogP contribution in [0.4, 0.5) is 5.82 Å². The van der Waals surface area contributed by atoms with E-state index < -0.39 is 10.0 Å². The summed E-state index contributed by atoms with van der Waals surface area (Å²) in [7, 11) is -3.60. The van der Waals surface area contributed by atoms with Gasteiger partial charge in [-0.05, 0) is 49.7 Å². The molecule has 150 valence electrons. The number of rotatable bonds is 10. The Morgan fingerprint density at radius 3 is 2.36 bits per heavy atom. The molecule has 8 heteroatoms. The quantitative estimate of drug-likeness (QED) is 0.595. The number of benzene rings is 1. The van der Waals surface area contributed by atoms with E-state index in [1.165, 1.54) is 30.3 Å². The van der Waals surface area contributed by atoms with Crippen molar-refractivity contribution >= 4 is 21.7 Å². The van der Waals surface area contributed by atoms with Crippen molar-refractivity contribution in [2.45, 2.75) is 25.3 Å². The summed E-state index contributed by atoms with van der Waals surface area (Å²) in [6.07, 6.45) is 3.21. The van der Waals surface area contributed by atoms with E-state index in [4.69, 9.17) is 0 Å². The van der Waals surface area contributed by atoms with Crippen molar-refractivity contribution in [1.29, 1.82) is 0 Å². The second-order valence-electron chi connectivity index (χ2n) is 6.04. The summed E-state index contributed by atoms with van der Waals surface area (Å²) in [4.78, 5) is 19.0. The summed E-state index contributed by atoms with van der Waals surface area (Å²) >= 11 is 0. The fourth-order valence-corrected chi connectivity index (χ4v) is 3.58. The first kappa shape index (κ1) is 21.6. The number of nitrogens with one attached hydrogen (secondary N) is 2. The van der Waals surface area contributed by atoms with Crippen molar-refractivity contribution < 1.29 is 13.2 Å². The molecule has 0 aliphatic rings. The van der Waals surface area contributed by atoms with E-state index in [0.29, 0.717) is 12.1 Å². The van der Waals surface area contributed by atoms with Crippen LogP contribution < -0.4 is 14.9 Å². The summed E-state index contributed by atoms with van der Waals surface area (Å²) in [6, 6.07) is 9.65. The van der Waals surface area contributed by atoms with Gasteiger partial charge in [-0.15, -0.1) is 6.58 Å². The predicted octanol–water partition coefficient (Wildman–Crippen LogP) is 2.32. The molecule has 0 aliphatic heterocycles. The van der Waals surface area contributed by atoms with Gasteiger partial charge in [0.25, 0.3) is 5.91 Å². The van der Waals surface area contributed by atoms with Gasteiger partial charge in [0.2, 0.25) is 10.0 Å². The van der Waals surface area contributed by atoms with Crippen molar-refractivity contribution in [2.75, 3.05) is 24.5 Å². The number of hydrogen-bond acceptors (Lipinski definition) is 5. The van der Waals surface area contributed by atoms with E-state index in [1.807, 2.05) is 12.1 Å². The monoisotopic (exact) mass is 402 g/mol. The third-order valence-corrected chi connectivity index (χ3v) is 5.63. The van der Waals surface area contributed by atoms with Crippen LogP contribution >= 0.6 is 0 Å². The van der Waals surface area contributed by atoms with Gasteiger partial charge in [0.1, 0.15) is 5.82 Å². The first-order chi connectivity index (χ1) is 13.4. The summed E-state index contributed by atoms with van der Waals surface area (Å²) in [5.41, 5.74) is 1.27. The minimum atomic E-state index is -3.60. The van der Waals surface area contributed by atoms with Crippen LogP contribution in [0, 0.1) is 0 Å². The number of amides is 1. The maximum Gasteiger partial charge on any atom is 0.251 e. The van der Waals surface area contributed by atoms with Crippen LogP contribution in [-0.4, -0.2) is 38.9 Å². The number of aromatic nitrogens is 1. The summed E-state index contributed by atoms with van der Waals surface area (Å²) in [5.74, 6) is 0.623. The average molecular weight is 403 g/mol. The lowest BCUT2D eigenvalue weighted by molar-refractivity contribution is 0.0951. The minimum Gasteiger partial charge on any atom is -0.357 e. The van der Waals surface area contributed by atoms with E-state index in [9.17, 15) is 13.2 Å². The summed E-state index contributed by atoms with van der Waals surface area (Å²) < 4.78 is 26.4. The molecule has 0 aliphatic carbocycles. The second-order valence-corrected chi connectivity index (χ2v) is 7.81. The van der Waals surface area contributed by atoms with Crippen LogP contribution in [0.25, 0.3) is 0 Å². The van der Waals surface area contributed by atoms with E-state index in [0.717, 1.165) is 24.5 Å². The van der Waals surface area contributed by atoms with Crippen molar-refractivity contribution in [3.8, 4) is 0 Å². The van der Waals surface area contributed by atoms with E-state index in [1.54, 1.807) is 6.20 Å². The fourth-order valence-electron chi connectivity index (χ4n) is 2.58. The lowest BCUT2D eigenvalue weighted by Crippen LogP contribution is -2.25. The Morgan fingerprint density at radius 2 is 1.82 bits per heavy atom. The molecule has 0 atom stereocenters. The van der Waals surface area contributed by atoms with Gasteiger partial charge in [0.15, 0.2) is 0 Å². The van der Waals surface area contributed by atoms with Gasteiger partial charge in [-0.2, -0.15) is 0 Å². The van der Waals surface area contributed by atoms with Crippen molar-refractivity contribution in [3.63, 3.8) is 0 Å². The van der Waals surface area contributed by atoms with Crippen molar-refractivity contribution in [3.05, 3.63) is 66.4 Å². The Bertz CT molecular complexity index is 890. The number of carbonyl (C=O) groups is 1. The molecular formula is C20H26N4O3S. The van der Waals surface area contributed by atoms with Gasteiger partial charge in [0.05, 0.1) is 4.90 Å². The van der Waals surface area contributed by atoms with Gasteiger partial charge in [-0.25, -0.2) is 18.1 Å². The SMILES string of the molecule is C=CCNS(=O)(=O)c1ccc(C(=O)NCc2ccc(N(CC)CC)nc2)cc1. The summed E-state index contributed by atoms with van der Waals surface area (Å²) in [6.45, 7) is 9.87. The van der Waals surface area contributed by atoms with E-state index in [-0.39, 0.29) is 17.3 Å². The third-order valence-electron chi connectivity index (χ3n) is 4.19. The molecule has 0 bridgehead atoms. The van der Waals surface area contributed by atoms with Gasteiger partial charge in [-0.3, -0.25) is 4.79 Å². The van der Waals surface area contributed by atoms with Gasteiger partial charge in [0, 0.05) is 37.9 Å². The lowest BCUT2D eigenvalue weighted by atomic mass is 10.2. The zero-order valence-corrected chi connectivity index (χ0v) is 17.0. The summed E-state index contributed by atoms with van der Waals surface area (Å²) in [5, 5.41) is 2.81. The molecule has 0 radical (unpaired) electrons. The molecule has 0 spiro atoms. The van der Waals surface area contributed by atoms with Gasteiger partial charge in [-0.1, -0.05) is 12.1 Å². The molecule has 0 saturated carbocycles. The van der Waals surface area contributed by atoms with E-state index in [2.05, 4.69) is 40.3 Å². The number of pyridine rings is 1. The van der Waals surface area contributed by atoms with Crippen LogP contribution in [0.1, 0.15) is 29.8 Å². The molecule has 2 N–H and O–H groups in total. The third kappa shape index (κ3) is 5.64. The van der Waals surface area contributed by atoms with Crippen LogP contribution in [-0.2, 0) is 16.6 Å². The zero-order chi connectivity index (χ0) is 20.6. The molecule has 2 aromatic rings. The van der Waals surface area contributed by atoms with Crippen LogP contribution in [0.2, 0.25) is 0 Å². The minimum absolute atomic E-state index is 0.0992. The Morgan fingerprint density at radius 1 is 1.14 bits per heavy atom. The van der Waals surface area contributed by atoms with Gasteiger partial charge < -0.3 is 10.2 Å². The number of sulfonamides is 1. The average Bonchev–Trinajstić information content (AvgIpc) is 2.72. The Kier molecular flexibility index (Phi) is 7.71. The van der Waals surface area contributed by atoms with Crippen LogP contribution in [0.5, 0.6) is 0 Å². The highest BCUT2D eigenvalue weighted by atomic mass is 32.2. The largest absolute Gasteiger partial charge is 0.357 e. The molecule has 0 fully saturated rings. The second kappa shape index (κ2) is 10.0. The number of carbonyl (C=O) groups excluding carboxylic acids is 1. The van der Waals surface area contributed by atoms with E-state index >= 15 is 0 Å². The zero-order valence-electron chi connectivity index (χ0n) is 16.2. The number of anilines is 1. The maximum absolute atomic E-state index is 12.3. The molecule has 1 aromatic carbocycles. The first-order valence-electron chi connectivity index (χ1n) is 9.10. The van der Waals surface area contributed by atoms with Crippen molar-refractivity contribution in [2.24, 2.45) is 0 Å². The predicted molar refractivity (Wildman–Crippen MR) is 111 cm³/mol. The Hall–Kier alpha value is -2.71. The molecule has 7 nitrogen and oxygen atoms in total. The highest BCUT2D eigenvalue weighted by molar-refractivity contribution is 7.89. The smallest absolute Gasteiger partial charge is 0.251 e. The molecule has 0 unspecified atom stereocenters. The molecule has 1 heterocycles. The van der Waals surface area contributed by atoms with Crippen molar-refractivity contribution in [1.82, 2.24) is 15.0 Å². The van der Waals surface area contributed by atoms with Gasteiger partial charge >= 0.3 is 0 Å². The van der Waals surface area contributed by atoms with Crippen LogP contribution in [0.3, 0.4) is 0 Å². The molecule has 0 saturated heterocycles. The standard InChI is InChI=1S/C20H26N4O3S/c1-4-13-23-28(26,27)18-10-8-17(9-11-18)20(25)22-15-16-7-12-19(21-14-16)24(5-2)6-3/h4,7-12,14,23H,1,5-6,13,15H2,2-3H3,(H,22,25). The lowest BCUT2D eigenvalue weighted by Gasteiger charge is -2.19. The number of nitrogens with zero attached hydrogens (tertiary/aromatic N) is 2. The fraction of sp³-hybridized carbons (Fsp3) is 0.300. The molecular weight excluding hydrogens is 376 g/mol. The van der Waals surface area contributed by atoms with Crippen LogP contribution in [0.15, 0.2) is 60.1 Å². The number of hydrogen-bond donors (Lipinski definition) is 2. The first-order valence-corrected chi connectivity index (χ1v) is 10.6. The highest BCUT2D eigenvalue weighted by Gasteiger charge is 2.14. The normalized spacial score (nSPS) is 11.1. The molecule has 1 amide bonds.